The van der Waals surface area contributed by atoms with Gasteiger partial charge in [0.1, 0.15) is 4.90 Å². The highest BCUT2D eigenvalue weighted by Gasteiger charge is 2.28. The smallest absolute Gasteiger partial charge is 0.244 e. The Morgan fingerprint density at radius 1 is 1.21 bits per heavy atom. The number of hydrogen-bond donors (Lipinski definition) is 0. The lowest BCUT2D eigenvalue weighted by Gasteiger charge is -2.26. The van der Waals surface area contributed by atoms with Gasteiger partial charge >= 0.3 is 0 Å². The van der Waals surface area contributed by atoms with Crippen LogP contribution in [-0.2, 0) is 10.0 Å². The molecule has 0 unspecified atom stereocenters. The van der Waals surface area contributed by atoms with Gasteiger partial charge in [0.25, 0.3) is 0 Å². The maximum Gasteiger partial charge on any atom is 0.244 e. The molecule has 1 aromatic heterocycles. The molecule has 0 aromatic carbocycles. The number of hydrogen-bond acceptors (Lipinski definition) is 3. The Labute approximate surface area is 123 Å². The van der Waals surface area contributed by atoms with E-state index in [4.69, 9.17) is 0 Å². The van der Waals surface area contributed by atoms with E-state index in [1.807, 2.05) is 0 Å². The molecule has 2 rings (SSSR count). The fourth-order valence-corrected chi connectivity index (χ4v) is 4.44. The lowest BCUT2D eigenvalue weighted by atomic mass is 10.1. The predicted molar refractivity (Wildman–Crippen MR) is 78.4 cm³/mol. The molecule has 0 saturated heterocycles. The Morgan fingerprint density at radius 2 is 1.84 bits per heavy atom. The van der Waals surface area contributed by atoms with Crippen LogP contribution in [0.5, 0.6) is 0 Å². The van der Waals surface area contributed by atoms with Crippen LogP contribution in [0.4, 0.5) is 0 Å². The number of nitrogens with zero attached hydrogens (tertiary/aromatic N) is 2. The largest absolute Gasteiger partial charge is 0.262 e. The zero-order valence-electron chi connectivity index (χ0n) is 11.0. The maximum atomic E-state index is 12.6. The van der Waals surface area contributed by atoms with Gasteiger partial charge in [-0.25, -0.2) is 8.42 Å². The summed E-state index contributed by atoms with van der Waals surface area (Å²) in [4.78, 5) is 4.20. The van der Waals surface area contributed by atoms with Crippen LogP contribution in [0.25, 0.3) is 0 Å². The van der Waals surface area contributed by atoms with Crippen molar-refractivity contribution in [3.05, 3.63) is 22.9 Å². The van der Waals surface area contributed by atoms with E-state index in [0.717, 1.165) is 25.7 Å². The highest BCUT2D eigenvalue weighted by atomic mass is 79.9. The molecule has 0 bridgehead atoms. The summed E-state index contributed by atoms with van der Waals surface area (Å²) in [6.07, 6.45) is 9.56. The minimum atomic E-state index is -3.44. The molecule has 1 aliphatic rings. The fraction of sp³-hybridized carbons (Fsp3) is 0.615. The number of pyridine rings is 1. The van der Waals surface area contributed by atoms with Crippen molar-refractivity contribution in [1.82, 2.24) is 9.29 Å². The second-order valence-electron chi connectivity index (χ2n) is 5.01. The molecular formula is C13H19BrN2O2S. The third-order valence-electron chi connectivity index (χ3n) is 3.70. The Balaban J connectivity index is 2.23. The average Bonchev–Trinajstić information content (AvgIpc) is 2.66. The van der Waals surface area contributed by atoms with Crippen molar-refractivity contribution in [2.24, 2.45) is 0 Å². The first kappa shape index (κ1) is 14.9. The van der Waals surface area contributed by atoms with Gasteiger partial charge in [-0.2, -0.15) is 4.31 Å². The average molecular weight is 347 g/mol. The van der Waals surface area contributed by atoms with Crippen LogP contribution in [-0.4, -0.2) is 30.8 Å². The molecule has 1 aliphatic carbocycles. The highest BCUT2D eigenvalue weighted by molar-refractivity contribution is 9.10. The summed E-state index contributed by atoms with van der Waals surface area (Å²) in [6.45, 7) is 0. The molecule has 106 valence electrons. The van der Waals surface area contributed by atoms with Gasteiger partial charge in [-0.1, -0.05) is 25.7 Å². The zero-order valence-corrected chi connectivity index (χ0v) is 13.5. The van der Waals surface area contributed by atoms with E-state index in [2.05, 4.69) is 20.9 Å². The van der Waals surface area contributed by atoms with Gasteiger partial charge in [0.15, 0.2) is 0 Å². The maximum absolute atomic E-state index is 12.6. The van der Waals surface area contributed by atoms with Crippen LogP contribution in [0.1, 0.15) is 38.5 Å². The first-order valence-electron chi connectivity index (χ1n) is 6.60. The molecule has 6 heteroatoms. The van der Waals surface area contributed by atoms with Crippen LogP contribution < -0.4 is 0 Å². The molecule has 1 saturated carbocycles. The van der Waals surface area contributed by atoms with Crippen molar-refractivity contribution in [2.75, 3.05) is 7.05 Å². The first-order chi connectivity index (χ1) is 9.01. The Bertz CT molecular complexity index is 525. The number of halogens is 1. The fourth-order valence-electron chi connectivity index (χ4n) is 2.52. The molecule has 0 atom stereocenters. The summed E-state index contributed by atoms with van der Waals surface area (Å²) in [7, 11) is -1.75. The van der Waals surface area contributed by atoms with E-state index in [-0.39, 0.29) is 10.9 Å². The van der Waals surface area contributed by atoms with Gasteiger partial charge in [0.2, 0.25) is 10.0 Å². The lowest BCUT2D eigenvalue weighted by Crippen LogP contribution is -2.36. The van der Waals surface area contributed by atoms with Crippen molar-refractivity contribution in [1.29, 1.82) is 0 Å². The summed E-state index contributed by atoms with van der Waals surface area (Å²) >= 11 is 3.27. The van der Waals surface area contributed by atoms with Crippen molar-refractivity contribution in [2.45, 2.75) is 49.5 Å². The summed E-state index contributed by atoms with van der Waals surface area (Å²) in [5.74, 6) is 0. The van der Waals surface area contributed by atoms with Crippen molar-refractivity contribution in [3.63, 3.8) is 0 Å². The topological polar surface area (TPSA) is 50.3 Å². The molecule has 0 N–H and O–H groups in total. The minimum absolute atomic E-state index is 0.117. The molecule has 1 heterocycles. The number of rotatable bonds is 3. The third kappa shape index (κ3) is 3.55. The van der Waals surface area contributed by atoms with E-state index >= 15 is 0 Å². The molecule has 0 spiro atoms. The monoisotopic (exact) mass is 346 g/mol. The van der Waals surface area contributed by atoms with E-state index in [1.165, 1.54) is 23.3 Å². The summed E-state index contributed by atoms with van der Waals surface area (Å²) < 4.78 is 27.3. The molecule has 19 heavy (non-hydrogen) atoms. The Kier molecular flexibility index (Phi) is 4.97. The van der Waals surface area contributed by atoms with Crippen LogP contribution in [0, 0.1) is 0 Å². The first-order valence-corrected chi connectivity index (χ1v) is 8.84. The molecule has 1 fully saturated rings. The van der Waals surface area contributed by atoms with Gasteiger partial charge in [0, 0.05) is 30.0 Å². The zero-order chi connectivity index (χ0) is 13.9. The standard InChI is InChI=1S/C13H19BrN2O2S/c1-16(12-6-4-2-3-5-7-12)19(17,18)13-8-11(14)9-15-10-13/h8-10,12H,2-7H2,1H3. The van der Waals surface area contributed by atoms with Gasteiger partial charge in [-0.05, 0) is 34.8 Å². The minimum Gasteiger partial charge on any atom is -0.262 e. The van der Waals surface area contributed by atoms with E-state index in [0.29, 0.717) is 4.47 Å². The molecule has 0 aliphatic heterocycles. The molecule has 4 nitrogen and oxygen atoms in total. The third-order valence-corrected chi connectivity index (χ3v) is 6.00. The van der Waals surface area contributed by atoms with Crippen LogP contribution >= 0.6 is 15.9 Å². The normalized spacial score (nSPS) is 18.5. The molecular weight excluding hydrogens is 328 g/mol. The number of aromatic nitrogens is 1. The summed E-state index contributed by atoms with van der Waals surface area (Å²) in [5, 5.41) is 0. The Hall–Kier alpha value is -0.460. The second-order valence-corrected chi connectivity index (χ2v) is 7.92. The molecule has 0 radical (unpaired) electrons. The van der Waals surface area contributed by atoms with Crippen LogP contribution in [0.3, 0.4) is 0 Å². The lowest BCUT2D eigenvalue weighted by molar-refractivity contribution is 0.335. The Morgan fingerprint density at radius 3 is 2.42 bits per heavy atom. The molecule has 1 aromatic rings. The van der Waals surface area contributed by atoms with Crippen molar-refractivity contribution < 1.29 is 8.42 Å². The second kappa shape index (κ2) is 6.33. The van der Waals surface area contributed by atoms with E-state index in [9.17, 15) is 8.42 Å². The van der Waals surface area contributed by atoms with Crippen LogP contribution in [0.2, 0.25) is 0 Å². The summed E-state index contributed by atoms with van der Waals surface area (Å²) in [6, 6.07) is 1.72. The quantitative estimate of drug-likeness (QED) is 0.789. The summed E-state index contributed by atoms with van der Waals surface area (Å²) in [5.41, 5.74) is 0. The van der Waals surface area contributed by atoms with Crippen molar-refractivity contribution in [3.8, 4) is 0 Å². The SMILES string of the molecule is CN(C1CCCCCC1)S(=O)(=O)c1cncc(Br)c1. The van der Waals surface area contributed by atoms with E-state index in [1.54, 1.807) is 19.3 Å². The number of sulfonamides is 1. The predicted octanol–water partition coefficient (Wildman–Crippen LogP) is 3.19. The van der Waals surface area contributed by atoms with Gasteiger partial charge in [-0.3, -0.25) is 4.98 Å². The van der Waals surface area contributed by atoms with Gasteiger partial charge in [-0.15, -0.1) is 0 Å². The van der Waals surface area contributed by atoms with Gasteiger partial charge < -0.3 is 0 Å². The van der Waals surface area contributed by atoms with Crippen molar-refractivity contribution >= 4 is 26.0 Å². The van der Waals surface area contributed by atoms with Crippen LogP contribution in [0.15, 0.2) is 27.8 Å². The molecule has 0 amide bonds. The van der Waals surface area contributed by atoms with Gasteiger partial charge in [0.05, 0.1) is 0 Å². The van der Waals surface area contributed by atoms with E-state index < -0.39 is 10.0 Å². The highest BCUT2D eigenvalue weighted by Crippen LogP contribution is 2.26.